The van der Waals surface area contributed by atoms with Crippen molar-refractivity contribution in [3.63, 3.8) is 0 Å². The van der Waals surface area contributed by atoms with Crippen LogP contribution >= 0.6 is 0 Å². The van der Waals surface area contributed by atoms with Crippen LogP contribution in [0.4, 0.5) is 0 Å². The highest BCUT2D eigenvalue weighted by Crippen LogP contribution is 2.16. The van der Waals surface area contributed by atoms with Gasteiger partial charge in [-0.15, -0.1) is 13.2 Å². The summed E-state index contributed by atoms with van der Waals surface area (Å²) >= 11 is 0. The molecule has 2 heteroatoms. The van der Waals surface area contributed by atoms with Crippen molar-refractivity contribution in [1.82, 2.24) is 0 Å². The molecule has 0 aliphatic rings. The average Bonchev–Trinajstić information content (AvgIpc) is 2.13. The maximum Gasteiger partial charge on any atom is 0.159 e. The molecule has 0 aromatic heterocycles. The van der Waals surface area contributed by atoms with Gasteiger partial charge in [-0.3, -0.25) is 4.79 Å². The molecule has 1 aromatic carbocycles. The van der Waals surface area contributed by atoms with E-state index >= 15 is 0 Å². The lowest BCUT2D eigenvalue weighted by molar-refractivity contribution is 0.101. The van der Waals surface area contributed by atoms with Crippen LogP contribution in [0.1, 0.15) is 22.8 Å². The summed E-state index contributed by atoms with van der Waals surface area (Å²) in [4.78, 5) is 10.8. The summed E-state index contributed by atoms with van der Waals surface area (Å²) in [7, 11) is 0. The fourth-order valence-corrected chi connectivity index (χ4v) is 0.874. The fourth-order valence-electron chi connectivity index (χ4n) is 0.874. The number of aryl methyl sites for hydroxylation is 1. The molecule has 0 radical (unpaired) electrons. The van der Waals surface area contributed by atoms with Crippen molar-refractivity contribution >= 4 is 5.78 Å². The Morgan fingerprint density at radius 2 is 1.92 bits per heavy atom. The molecule has 1 aromatic rings. The minimum Gasteiger partial charge on any atom is -0.508 e. The van der Waals surface area contributed by atoms with E-state index < -0.39 is 0 Å². The molecule has 1 rings (SSSR count). The predicted molar refractivity (Wildman–Crippen MR) is 54.1 cm³/mol. The predicted octanol–water partition coefficient (Wildman–Crippen LogP) is 2.71. The molecule has 13 heavy (non-hydrogen) atoms. The van der Waals surface area contributed by atoms with Crippen molar-refractivity contribution in [3.05, 3.63) is 42.5 Å². The Morgan fingerprint density at radius 3 is 2.31 bits per heavy atom. The second-order valence-corrected chi connectivity index (χ2v) is 2.56. The minimum absolute atomic E-state index is 0.0214. The lowest BCUT2D eigenvalue weighted by atomic mass is 10.1. The Hall–Kier alpha value is -1.57. The molecule has 0 saturated heterocycles. The summed E-state index contributed by atoms with van der Waals surface area (Å²) in [5, 5.41) is 9.11. The van der Waals surface area contributed by atoms with Gasteiger partial charge >= 0.3 is 0 Å². The van der Waals surface area contributed by atoms with Crippen molar-refractivity contribution in [2.45, 2.75) is 13.8 Å². The Morgan fingerprint density at radius 1 is 1.38 bits per heavy atom. The van der Waals surface area contributed by atoms with E-state index in [9.17, 15) is 4.79 Å². The molecular weight excluding hydrogens is 164 g/mol. The van der Waals surface area contributed by atoms with E-state index in [1.54, 1.807) is 19.1 Å². The molecule has 0 aliphatic carbocycles. The van der Waals surface area contributed by atoms with Crippen molar-refractivity contribution < 1.29 is 9.90 Å². The number of ketones is 1. The molecule has 1 N–H and O–H groups in total. The molecule has 0 saturated carbocycles. The number of phenolic OH excluding ortho intramolecular Hbond substituents is 1. The molecule has 0 fully saturated rings. The van der Waals surface area contributed by atoms with Gasteiger partial charge in [0.15, 0.2) is 5.78 Å². The Kier molecular flexibility index (Phi) is 4.52. The molecule has 0 spiro atoms. The number of carbonyl (C=O) groups is 1. The molecular formula is C11H14O2. The number of aromatic hydroxyl groups is 1. The van der Waals surface area contributed by atoms with Crippen molar-refractivity contribution in [3.8, 4) is 5.75 Å². The van der Waals surface area contributed by atoms with Gasteiger partial charge in [0.05, 0.1) is 0 Å². The first-order valence-electron chi connectivity index (χ1n) is 3.92. The third kappa shape index (κ3) is 3.11. The summed E-state index contributed by atoms with van der Waals surface area (Å²) in [5.74, 6) is 0.253. The van der Waals surface area contributed by atoms with Crippen LogP contribution in [0.5, 0.6) is 5.75 Å². The quantitative estimate of drug-likeness (QED) is 0.530. The van der Waals surface area contributed by atoms with Gasteiger partial charge < -0.3 is 5.11 Å². The number of hydrogen-bond donors (Lipinski definition) is 1. The van der Waals surface area contributed by atoms with Crippen LogP contribution in [0.3, 0.4) is 0 Å². The summed E-state index contributed by atoms with van der Waals surface area (Å²) in [6.45, 7) is 9.27. The highest BCUT2D eigenvalue weighted by molar-refractivity contribution is 5.94. The van der Waals surface area contributed by atoms with E-state index in [-0.39, 0.29) is 11.5 Å². The van der Waals surface area contributed by atoms with Gasteiger partial charge in [-0.1, -0.05) is 0 Å². The zero-order chi connectivity index (χ0) is 10.4. The number of carbonyl (C=O) groups excluding carboxylic acids is 1. The third-order valence-corrected chi connectivity index (χ3v) is 1.60. The SMILES string of the molecule is C=C.CC(=O)c1ccc(O)c(C)c1. The molecule has 0 unspecified atom stereocenters. The van der Waals surface area contributed by atoms with Gasteiger partial charge in [0, 0.05) is 5.56 Å². The van der Waals surface area contributed by atoms with Crippen LogP contribution < -0.4 is 0 Å². The lowest BCUT2D eigenvalue weighted by Crippen LogP contribution is -1.91. The number of benzene rings is 1. The maximum atomic E-state index is 10.8. The highest BCUT2D eigenvalue weighted by Gasteiger charge is 2.00. The molecule has 0 atom stereocenters. The first kappa shape index (κ1) is 11.4. The average molecular weight is 178 g/mol. The summed E-state index contributed by atoms with van der Waals surface area (Å²) in [6, 6.07) is 4.83. The normalized spacial score (nSPS) is 8.46. The number of phenols is 1. The number of hydrogen-bond acceptors (Lipinski definition) is 2. The first-order valence-corrected chi connectivity index (χ1v) is 3.92. The molecule has 0 bridgehead atoms. The van der Waals surface area contributed by atoms with Crippen LogP contribution in [-0.2, 0) is 0 Å². The Labute approximate surface area is 78.5 Å². The summed E-state index contributed by atoms with van der Waals surface area (Å²) < 4.78 is 0. The van der Waals surface area contributed by atoms with E-state index in [0.29, 0.717) is 5.56 Å². The largest absolute Gasteiger partial charge is 0.508 e. The van der Waals surface area contributed by atoms with Crippen molar-refractivity contribution in [2.75, 3.05) is 0 Å². The Bertz CT molecular complexity index is 303. The van der Waals surface area contributed by atoms with Gasteiger partial charge in [0.1, 0.15) is 5.75 Å². The summed E-state index contributed by atoms with van der Waals surface area (Å²) in [6.07, 6.45) is 0. The van der Waals surface area contributed by atoms with E-state index in [0.717, 1.165) is 5.56 Å². The zero-order valence-corrected chi connectivity index (χ0v) is 8.00. The summed E-state index contributed by atoms with van der Waals surface area (Å²) in [5.41, 5.74) is 1.37. The number of Topliss-reactive ketones (excluding diaryl/α,β-unsaturated/α-hetero) is 1. The number of rotatable bonds is 1. The van der Waals surface area contributed by atoms with Crippen LogP contribution in [0, 0.1) is 6.92 Å². The molecule has 0 aliphatic heterocycles. The maximum absolute atomic E-state index is 10.8. The van der Waals surface area contributed by atoms with Gasteiger partial charge in [-0.05, 0) is 37.6 Å². The van der Waals surface area contributed by atoms with E-state index in [1.165, 1.54) is 13.0 Å². The fraction of sp³-hybridized carbons (Fsp3) is 0.182. The Balaban J connectivity index is 0.000000671. The third-order valence-electron chi connectivity index (χ3n) is 1.60. The van der Waals surface area contributed by atoms with Crippen LogP contribution in [0.25, 0.3) is 0 Å². The van der Waals surface area contributed by atoms with E-state index in [1.807, 2.05) is 0 Å². The second kappa shape index (κ2) is 5.14. The van der Waals surface area contributed by atoms with Crippen LogP contribution in [-0.4, -0.2) is 10.9 Å². The van der Waals surface area contributed by atoms with Crippen molar-refractivity contribution in [2.24, 2.45) is 0 Å². The monoisotopic (exact) mass is 178 g/mol. The van der Waals surface area contributed by atoms with Crippen LogP contribution in [0.15, 0.2) is 31.4 Å². The minimum atomic E-state index is 0.0214. The molecule has 0 amide bonds. The molecule has 0 heterocycles. The van der Waals surface area contributed by atoms with Gasteiger partial charge in [-0.25, -0.2) is 0 Å². The lowest BCUT2D eigenvalue weighted by Gasteiger charge is -1.99. The van der Waals surface area contributed by atoms with Gasteiger partial charge in [0.25, 0.3) is 0 Å². The van der Waals surface area contributed by atoms with Crippen molar-refractivity contribution in [1.29, 1.82) is 0 Å². The van der Waals surface area contributed by atoms with Crippen LogP contribution in [0.2, 0.25) is 0 Å². The van der Waals surface area contributed by atoms with Gasteiger partial charge in [-0.2, -0.15) is 0 Å². The second-order valence-electron chi connectivity index (χ2n) is 2.56. The highest BCUT2D eigenvalue weighted by atomic mass is 16.3. The topological polar surface area (TPSA) is 37.3 Å². The molecule has 70 valence electrons. The molecule has 2 nitrogen and oxygen atoms in total. The smallest absolute Gasteiger partial charge is 0.159 e. The first-order chi connectivity index (χ1) is 6.11. The zero-order valence-electron chi connectivity index (χ0n) is 8.00. The van der Waals surface area contributed by atoms with E-state index in [4.69, 9.17) is 5.11 Å². The standard InChI is InChI=1S/C9H10O2.C2H4/c1-6-5-8(7(2)10)3-4-9(6)11;1-2/h3-5,11H,1-2H3;1-2H2. The van der Waals surface area contributed by atoms with Gasteiger partial charge in [0.2, 0.25) is 0 Å². The van der Waals surface area contributed by atoms with E-state index in [2.05, 4.69) is 13.2 Å².